The molecule has 1 saturated heterocycles. The van der Waals surface area contributed by atoms with Crippen molar-refractivity contribution in [3.05, 3.63) is 65.5 Å². The number of piperidine rings is 1. The van der Waals surface area contributed by atoms with E-state index in [2.05, 4.69) is 5.10 Å². The van der Waals surface area contributed by atoms with Gasteiger partial charge in [-0.25, -0.2) is 4.68 Å². The number of fused-ring (bicyclic) bond motifs is 1. The molecule has 2 aliphatic rings. The van der Waals surface area contributed by atoms with Gasteiger partial charge in [0, 0.05) is 41.9 Å². The normalized spacial score (nSPS) is 20.6. The van der Waals surface area contributed by atoms with E-state index >= 15 is 0 Å². The van der Waals surface area contributed by atoms with Crippen LogP contribution < -0.4 is 20.3 Å². The monoisotopic (exact) mass is 463 g/mol. The van der Waals surface area contributed by atoms with Gasteiger partial charge in [0.1, 0.15) is 11.4 Å². The third-order valence-electron chi connectivity index (χ3n) is 5.85. The quantitative estimate of drug-likeness (QED) is 0.625. The summed E-state index contributed by atoms with van der Waals surface area (Å²) < 4.78 is 39.7. The van der Waals surface area contributed by atoms with E-state index in [-0.39, 0.29) is 23.4 Å². The molecule has 0 spiro atoms. The molecule has 5 rings (SSSR count). The molecule has 0 radical (unpaired) electrons. The summed E-state index contributed by atoms with van der Waals surface area (Å²) in [5.41, 5.74) is 6.17. The van der Waals surface area contributed by atoms with E-state index in [9.17, 15) is 14.4 Å². The summed E-state index contributed by atoms with van der Waals surface area (Å²) in [5.74, 6) is -1.58. The van der Waals surface area contributed by atoms with Gasteiger partial charge >= 0.3 is 0 Å². The number of anilines is 2. The molecule has 9 nitrogen and oxygen atoms in total. The van der Waals surface area contributed by atoms with Crippen LogP contribution in [0.3, 0.4) is 0 Å². The lowest BCUT2D eigenvalue weighted by Gasteiger charge is -2.29. The Morgan fingerprint density at radius 1 is 0.941 bits per heavy atom. The molecule has 0 saturated carbocycles. The Bertz CT molecular complexity index is 1440. The van der Waals surface area contributed by atoms with Crippen molar-refractivity contribution in [3.63, 3.8) is 0 Å². The minimum absolute atomic E-state index is 0.122. The number of hydrogen-bond donors (Lipinski definition) is 1. The number of benzene rings is 2. The van der Waals surface area contributed by atoms with Crippen LogP contribution >= 0.6 is 0 Å². The Hall–Kier alpha value is -4.14. The van der Waals surface area contributed by atoms with Gasteiger partial charge in [-0.15, -0.1) is 0 Å². The molecule has 1 aromatic heterocycles. The molecule has 34 heavy (non-hydrogen) atoms. The van der Waals surface area contributed by atoms with Crippen molar-refractivity contribution in [3.8, 4) is 11.4 Å². The molecule has 9 heteroatoms. The predicted octanol–water partition coefficient (Wildman–Crippen LogP) is 2.70. The van der Waals surface area contributed by atoms with Crippen LogP contribution in [0.1, 0.15) is 51.2 Å². The fourth-order valence-corrected chi connectivity index (χ4v) is 4.12. The smallest absolute Gasteiger partial charge is 0.277 e. The first-order valence-corrected chi connectivity index (χ1v) is 10.8. The SMILES string of the molecule is [2H]C1([2H])CCCN(c2ccc(N3CC([2H])([2H])c4c(C(N)=O)nn(-c5ccc(OC)cc5)c4C3=O)cc2)C1=O. The minimum Gasteiger partial charge on any atom is -0.497 e. The average molecular weight is 464 g/mol. The van der Waals surface area contributed by atoms with Gasteiger partial charge in [-0.1, -0.05) is 0 Å². The molecular formula is C25H25N5O4. The minimum atomic E-state index is -2.16. The maximum absolute atomic E-state index is 13.8. The fraction of sp³-hybridized carbons (Fsp3) is 0.280. The summed E-state index contributed by atoms with van der Waals surface area (Å²) in [7, 11) is 1.51. The molecular weight excluding hydrogens is 434 g/mol. The zero-order valence-electron chi connectivity index (χ0n) is 22.4. The van der Waals surface area contributed by atoms with E-state index in [0.29, 0.717) is 35.8 Å². The first kappa shape index (κ1) is 17.4. The largest absolute Gasteiger partial charge is 0.497 e. The number of ether oxygens (including phenoxy) is 1. The highest BCUT2D eigenvalue weighted by atomic mass is 16.5. The Labute approximate surface area is 202 Å². The van der Waals surface area contributed by atoms with Gasteiger partial charge in [0.2, 0.25) is 5.91 Å². The van der Waals surface area contributed by atoms with E-state index in [1.807, 2.05) is 0 Å². The van der Waals surface area contributed by atoms with Crippen molar-refractivity contribution in [1.29, 1.82) is 0 Å². The molecule has 2 N–H and O–H groups in total. The number of carbonyl (C=O) groups excluding carboxylic acids is 3. The number of primary amides is 1. The maximum atomic E-state index is 13.8. The van der Waals surface area contributed by atoms with Crippen molar-refractivity contribution in [2.45, 2.75) is 25.6 Å². The predicted molar refractivity (Wildman–Crippen MR) is 127 cm³/mol. The number of rotatable bonds is 5. The van der Waals surface area contributed by atoms with Gasteiger partial charge in [-0.2, -0.15) is 5.10 Å². The number of methoxy groups -OCH3 is 1. The van der Waals surface area contributed by atoms with Crippen molar-refractivity contribution in [1.82, 2.24) is 9.78 Å². The highest BCUT2D eigenvalue weighted by molar-refractivity contribution is 6.09. The summed E-state index contributed by atoms with van der Waals surface area (Å²) >= 11 is 0. The molecule has 0 atom stereocenters. The van der Waals surface area contributed by atoms with E-state index in [4.69, 9.17) is 16.0 Å². The van der Waals surface area contributed by atoms with E-state index in [1.165, 1.54) is 21.6 Å². The zero-order valence-corrected chi connectivity index (χ0v) is 18.4. The number of hydrogen-bond acceptors (Lipinski definition) is 5. The molecule has 2 aromatic carbocycles. The summed E-state index contributed by atoms with van der Waals surface area (Å²) in [6, 6.07) is 12.9. The topological polar surface area (TPSA) is 111 Å². The highest BCUT2D eigenvalue weighted by Crippen LogP contribution is 2.31. The molecule has 174 valence electrons. The molecule has 3 heterocycles. The summed E-state index contributed by atoms with van der Waals surface area (Å²) in [6.45, 7) is -0.0128. The van der Waals surface area contributed by atoms with Crippen LogP contribution in [0.5, 0.6) is 5.75 Å². The zero-order chi connectivity index (χ0) is 27.4. The lowest BCUT2D eigenvalue weighted by atomic mass is 10.0. The van der Waals surface area contributed by atoms with Crippen molar-refractivity contribution >= 4 is 29.1 Å². The van der Waals surface area contributed by atoms with Crippen molar-refractivity contribution in [2.24, 2.45) is 5.73 Å². The molecule has 1 fully saturated rings. The molecule has 0 aliphatic carbocycles. The van der Waals surface area contributed by atoms with Crippen LogP contribution in [0.4, 0.5) is 11.4 Å². The lowest BCUT2D eigenvalue weighted by molar-refractivity contribution is -0.119. The lowest BCUT2D eigenvalue weighted by Crippen LogP contribution is -2.39. The van der Waals surface area contributed by atoms with Gasteiger partial charge in [0.05, 0.1) is 12.8 Å². The van der Waals surface area contributed by atoms with E-state index in [1.54, 1.807) is 48.5 Å². The second kappa shape index (κ2) is 8.66. The van der Waals surface area contributed by atoms with Gasteiger partial charge in [-0.05, 0) is 67.7 Å². The number of carbonyl (C=O) groups is 3. The van der Waals surface area contributed by atoms with Gasteiger partial charge in [-0.3, -0.25) is 14.4 Å². The van der Waals surface area contributed by atoms with Gasteiger partial charge in [0.25, 0.3) is 11.8 Å². The van der Waals surface area contributed by atoms with Crippen molar-refractivity contribution < 1.29 is 24.6 Å². The van der Waals surface area contributed by atoms with E-state index in [0.717, 1.165) is 0 Å². The Kier molecular flexibility index (Phi) is 4.42. The van der Waals surface area contributed by atoms with Crippen LogP contribution in [-0.4, -0.2) is 47.7 Å². The standard InChI is InChI=1S/C25H25N5O4/c1-34-19-11-9-18(10-12-19)30-23-20(22(27-30)24(26)32)13-15-29(25(23)33)17-7-5-16(6-8-17)28-14-3-2-4-21(28)31/h5-12H,2-4,13-15H2,1H3,(H2,26,32)/i4D2,13D2. The second-order valence-corrected chi connectivity index (χ2v) is 7.87. The average Bonchev–Trinajstić information content (AvgIpc) is 3.31. The Balaban J connectivity index is 1.55. The Morgan fingerprint density at radius 3 is 2.24 bits per heavy atom. The van der Waals surface area contributed by atoms with E-state index < -0.39 is 37.0 Å². The van der Waals surface area contributed by atoms with Crippen LogP contribution in [0, 0.1) is 0 Å². The van der Waals surface area contributed by atoms with Crippen LogP contribution in [-0.2, 0) is 11.2 Å². The van der Waals surface area contributed by atoms with Gasteiger partial charge in [0.15, 0.2) is 5.69 Å². The van der Waals surface area contributed by atoms with Crippen molar-refractivity contribution in [2.75, 3.05) is 30.0 Å². The molecule has 2 aliphatic heterocycles. The first-order valence-electron chi connectivity index (χ1n) is 12.8. The third kappa shape index (κ3) is 3.68. The number of nitrogens with zero attached hydrogens (tertiary/aromatic N) is 4. The summed E-state index contributed by atoms with van der Waals surface area (Å²) in [6.07, 6.45) is -3.42. The first-order chi connectivity index (χ1) is 17.9. The maximum Gasteiger partial charge on any atom is 0.277 e. The summed E-state index contributed by atoms with van der Waals surface area (Å²) in [5, 5.41) is 4.22. The molecule has 0 bridgehead atoms. The highest BCUT2D eigenvalue weighted by Gasteiger charge is 2.34. The molecule has 3 aromatic rings. The third-order valence-corrected chi connectivity index (χ3v) is 5.85. The number of nitrogens with two attached hydrogens (primary N) is 1. The Morgan fingerprint density at radius 2 is 1.59 bits per heavy atom. The summed E-state index contributed by atoms with van der Waals surface area (Å²) in [4.78, 5) is 41.2. The number of amides is 3. The molecule has 3 amide bonds. The molecule has 0 unspecified atom stereocenters. The van der Waals surface area contributed by atoms with Gasteiger partial charge < -0.3 is 20.3 Å². The second-order valence-electron chi connectivity index (χ2n) is 7.87. The van der Waals surface area contributed by atoms with Crippen LogP contribution in [0.15, 0.2) is 48.5 Å². The fourth-order valence-electron chi connectivity index (χ4n) is 4.12. The van der Waals surface area contributed by atoms with Crippen LogP contribution in [0.25, 0.3) is 5.69 Å². The van der Waals surface area contributed by atoms with Crippen LogP contribution in [0.2, 0.25) is 0 Å². The number of aromatic nitrogens is 2.